The molecule has 1 spiro atoms. The summed E-state index contributed by atoms with van der Waals surface area (Å²) in [6.45, 7) is 6.71. The predicted molar refractivity (Wildman–Crippen MR) is 145 cm³/mol. The molecule has 1 N–H and O–H groups in total. The molecule has 39 heavy (non-hydrogen) atoms. The number of aliphatic carboxylic acids is 1. The van der Waals surface area contributed by atoms with E-state index in [4.69, 9.17) is 9.47 Å². The number of benzene rings is 2. The van der Waals surface area contributed by atoms with Crippen molar-refractivity contribution in [3.05, 3.63) is 69.9 Å². The van der Waals surface area contributed by atoms with E-state index in [9.17, 15) is 19.5 Å². The van der Waals surface area contributed by atoms with E-state index in [2.05, 4.69) is 13.0 Å². The Kier molecular flexibility index (Phi) is 6.78. The molecule has 5 rings (SSSR count). The first-order chi connectivity index (χ1) is 18.6. The number of carboxylic acids is 1. The minimum Gasteiger partial charge on any atom is -0.497 e. The SMILES string of the molecule is COc1cc2c(c(OC)c1)C(C)C=C1N(C2)C(=O)N(CC(=O)O)C12CCN(C(=O)c1cc(C)cc(C)c1)CC2. The highest BCUT2D eigenvalue weighted by Gasteiger charge is 2.56. The van der Waals surface area contributed by atoms with Gasteiger partial charge in [0.25, 0.3) is 5.91 Å². The number of amides is 3. The van der Waals surface area contributed by atoms with E-state index in [-0.39, 0.29) is 24.4 Å². The number of rotatable bonds is 5. The van der Waals surface area contributed by atoms with Gasteiger partial charge in [0.05, 0.1) is 26.3 Å². The summed E-state index contributed by atoms with van der Waals surface area (Å²) >= 11 is 0. The topological polar surface area (TPSA) is 99.6 Å². The van der Waals surface area contributed by atoms with Gasteiger partial charge in [-0.3, -0.25) is 14.5 Å². The number of methoxy groups -OCH3 is 2. The molecule has 206 valence electrons. The number of nitrogens with zero attached hydrogens (tertiary/aromatic N) is 3. The number of hydrogen-bond acceptors (Lipinski definition) is 5. The van der Waals surface area contributed by atoms with Crippen molar-refractivity contribution >= 4 is 17.9 Å². The molecule has 2 fully saturated rings. The molecule has 0 aliphatic carbocycles. The van der Waals surface area contributed by atoms with Crippen LogP contribution in [-0.2, 0) is 11.3 Å². The van der Waals surface area contributed by atoms with Gasteiger partial charge in [0.15, 0.2) is 0 Å². The van der Waals surface area contributed by atoms with Gasteiger partial charge in [0.1, 0.15) is 18.0 Å². The fourth-order valence-corrected chi connectivity index (χ4v) is 6.54. The summed E-state index contributed by atoms with van der Waals surface area (Å²) in [6, 6.07) is 9.25. The average molecular weight is 534 g/mol. The molecule has 9 nitrogen and oxygen atoms in total. The molecule has 2 aromatic carbocycles. The maximum atomic E-state index is 13.8. The van der Waals surface area contributed by atoms with E-state index in [1.54, 1.807) is 19.1 Å². The van der Waals surface area contributed by atoms with Crippen molar-refractivity contribution in [2.24, 2.45) is 0 Å². The highest BCUT2D eigenvalue weighted by Crippen LogP contribution is 2.49. The smallest absolute Gasteiger partial charge is 0.325 e. The molecule has 2 aromatic rings. The Morgan fingerprint density at radius 1 is 1.03 bits per heavy atom. The van der Waals surface area contributed by atoms with Crippen molar-refractivity contribution < 1.29 is 29.0 Å². The molecule has 3 heterocycles. The number of carbonyl (C=O) groups excluding carboxylic acids is 2. The zero-order valence-electron chi connectivity index (χ0n) is 23.1. The Morgan fingerprint density at radius 2 is 1.69 bits per heavy atom. The first kappa shape index (κ1) is 26.6. The number of piperidine rings is 1. The van der Waals surface area contributed by atoms with Crippen molar-refractivity contribution in [2.45, 2.75) is 51.6 Å². The molecule has 1 unspecified atom stereocenters. The first-order valence-corrected chi connectivity index (χ1v) is 13.2. The van der Waals surface area contributed by atoms with Crippen LogP contribution in [0.15, 0.2) is 42.1 Å². The van der Waals surface area contributed by atoms with Crippen LogP contribution in [-0.4, -0.2) is 77.1 Å². The highest BCUT2D eigenvalue weighted by atomic mass is 16.5. The Balaban J connectivity index is 1.51. The largest absolute Gasteiger partial charge is 0.497 e. The van der Waals surface area contributed by atoms with Crippen LogP contribution in [0.2, 0.25) is 0 Å². The van der Waals surface area contributed by atoms with Gasteiger partial charge in [-0.15, -0.1) is 0 Å². The lowest BCUT2D eigenvalue weighted by atomic mass is 9.81. The third-order valence-corrected chi connectivity index (χ3v) is 8.23. The molecular formula is C30H35N3O6. The Bertz CT molecular complexity index is 1350. The molecule has 0 saturated carbocycles. The lowest BCUT2D eigenvalue weighted by molar-refractivity contribution is -0.138. The van der Waals surface area contributed by atoms with Crippen LogP contribution < -0.4 is 9.47 Å². The van der Waals surface area contributed by atoms with Crippen LogP contribution >= 0.6 is 0 Å². The van der Waals surface area contributed by atoms with E-state index in [0.29, 0.717) is 43.0 Å². The maximum Gasteiger partial charge on any atom is 0.325 e. The second-order valence-corrected chi connectivity index (χ2v) is 10.8. The number of ether oxygens (including phenoxy) is 2. The van der Waals surface area contributed by atoms with Crippen LogP contribution in [0, 0.1) is 13.8 Å². The summed E-state index contributed by atoms with van der Waals surface area (Å²) in [4.78, 5) is 44.2. The predicted octanol–water partition coefficient (Wildman–Crippen LogP) is 4.32. The summed E-state index contributed by atoms with van der Waals surface area (Å²) in [7, 11) is 3.20. The lowest BCUT2D eigenvalue weighted by Crippen LogP contribution is -2.55. The normalized spacial score (nSPS) is 19.8. The molecule has 3 aliphatic heterocycles. The van der Waals surface area contributed by atoms with E-state index in [1.807, 2.05) is 49.1 Å². The van der Waals surface area contributed by atoms with Crippen LogP contribution in [0.3, 0.4) is 0 Å². The Morgan fingerprint density at radius 3 is 2.28 bits per heavy atom. The number of carbonyl (C=O) groups is 3. The van der Waals surface area contributed by atoms with E-state index in [1.165, 1.54) is 4.90 Å². The maximum absolute atomic E-state index is 13.8. The summed E-state index contributed by atoms with van der Waals surface area (Å²) < 4.78 is 11.2. The summed E-state index contributed by atoms with van der Waals surface area (Å²) in [5, 5.41) is 9.75. The van der Waals surface area contributed by atoms with E-state index >= 15 is 0 Å². The first-order valence-electron chi connectivity index (χ1n) is 13.2. The number of likely N-dealkylation sites (tertiary alicyclic amines) is 1. The number of aryl methyl sites for hydroxylation is 2. The number of fused-ring (bicyclic) bond motifs is 3. The average Bonchev–Trinajstić information content (AvgIpc) is 3.01. The molecule has 9 heteroatoms. The second-order valence-electron chi connectivity index (χ2n) is 10.8. The van der Waals surface area contributed by atoms with Crippen molar-refractivity contribution in [3.8, 4) is 11.5 Å². The van der Waals surface area contributed by atoms with Gasteiger partial charge in [-0.2, -0.15) is 0 Å². The molecule has 3 amide bonds. The van der Waals surface area contributed by atoms with Gasteiger partial charge in [0.2, 0.25) is 0 Å². The molecular weight excluding hydrogens is 498 g/mol. The molecule has 2 saturated heterocycles. The van der Waals surface area contributed by atoms with Crippen molar-refractivity contribution in [2.75, 3.05) is 33.9 Å². The molecule has 3 aliphatic rings. The number of allylic oxidation sites excluding steroid dienone is 1. The van der Waals surface area contributed by atoms with Crippen LogP contribution in [0.5, 0.6) is 11.5 Å². The molecule has 0 radical (unpaired) electrons. The van der Waals surface area contributed by atoms with E-state index in [0.717, 1.165) is 28.0 Å². The van der Waals surface area contributed by atoms with Gasteiger partial charge in [-0.05, 0) is 50.5 Å². The monoisotopic (exact) mass is 533 g/mol. The third-order valence-electron chi connectivity index (χ3n) is 8.23. The van der Waals surface area contributed by atoms with Gasteiger partial charge in [0, 0.05) is 41.9 Å². The summed E-state index contributed by atoms with van der Waals surface area (Å²) in [5.41, 5.74) is 4.57. The minimum absolute atomic E-state index is 0.0462. The fourth-order valence-electron chi connectivity index (χ4n) is 6.54. The highest BCUT2D eigenvalue weighted by molar-refractivity contribution is 5.95. The molecule has 0 aromatic heterocycles. The van der Waals surface area contributed by atoms with Gasteiger partial charge in [-0.1, -0.05) is 30.2 Å². The lowest BCUT2D eigenvalue weighted by Gasteiger charge is -2.44. The quantitative estimate of drug-likeness (QED) is 0.615. The van der Waals surface area contributed by atoms with Gasteiger partial charge >= 0.3 is 12.0 Å². The zero-order valence-corrected chi connectivity index (χ0v) is 23.1. The van der Waals surface area contributed by atoms with E-state index < -0.39 is 18.1 Å². The van der Waals surface area contributed by atoms with Crippen molar-refractivity contribution in [1.29, 1.82) is 0 Å². The summed E-state index contributed by atoms with van der Waals surface area (Å²) in [6.07, 6.45) is 2.98. The van der Waals surface area contributed by atoms with Gasteiger partial charge < -0.3 is 24.4 Å². The number of carboxylic acid groups (broad SMARTS) is 1. The molecule has 1 atom stereocenters. The zero-order chi connectivity index (χ0) is 28.1. The van der Waals surface area contributed by atoms with Crippen LogP contribution in [0.4, 0.5) is 4.79 Å². The fraction of sp³-hybridized carbons (Fsp3) is 0.433. The van der Waals surface area contributed by atoms with Crippen LogP contribution in [0.1, 0.15) is 58.3 Å². The van der Waals surface area contributed by atoms with Crippen LogP contribution in [0.25, 0.3) is 0 Å². The third kappa shape index (κ3) is 4.49. The van der Waals surface area contributed by atoms with Crippen molar-refractivity contribution in [3.63, 3.8) is 0 Å². The Hall–Kier alpha value is -4.01. The van der Waals surface area contributed by atoms with Gasteiger partial charge in [-0.25, -0.2) is 4.79 Å². The Labute approximate surface area is 228 Å². The number of hydrogen-bond donors (Lipinski definition) is 1. The molecule has 0 bridgehead atoms. The van der Waals surface area contributed by atoms with Crippen molar-refractivity contribution in [1.82, 2.24) is 14.7 Å². The summed E-state index contributed by atoms with van der Waals surface area (Å²) in [5.74, 6) is 0.114. The minimum atomic E-state index is -1.06. The number of urea groups is 1. The standard InChI is InChI=1S/C30H35N3O6/c1-18-10-19(2)12-21(11-18)28(36)31-8-6-30(7-9-31)25-13-20(3)27-22(14-23(38-4)15-24(27)39-5)16-32(25)29(37)33(30)17-26(34)35/h10-15,20H,6-9,16-17H2,1-5H3,(H,34,35). The second kappa shape index (κ2) is 9.94.